The maximum Gasteiger partial charge on any atom is 0.0537 e. The van der Waals surface area contributed by atoms with Gasteiger partial charge in [0, 0.05) is 12.6 Å². The van der Waals surface area contributed by atoms with Crippen LogP contribution in [0.1, 0.15) is 6.92 Å². The number of nitrogens with zero attached hydrogens (tertiary/aromatic N) is 3. The van der Waals surface area contributed by atoms with Crippen LogP contribution in [-0.2, 0) is 0 Å². The summed E-state index contributed by atoms with van der Waals surface area (Å²) in [6.45, 7) is 5.90. The van der Waals surface area contributed by atoms with Crippen molar-refractivity contribution in [2.75, 3.05) is 45.8 Å². The molecule has 2 saturated heterocycles. The lowest BCUT2D eigenvalue weighted by Crippen LogP contribution is -2.56. The molecule has 2 aliphatic rings. The van der Waals surface area contributed by atoms with Gasteiger partial charge in [0.05, 0.1) is 20.0 Å². The van der Waals surface area contributed by atoms with Crippen molar-refractivity contribution in [1.29, 1.82) is 0 Å². The molecule has 2 fully saturated rings. The monoisotopic (exact) mass is 187 g/mol. The fourth-order valence-corrected chi connectivity index (χ4v) is 4.07. The van der Waals surface area contributed by atoms with Crippen molar-refractivity contribution in [2.24, 2.45) is 0 Å². The lowest BCUT2D eigenvalue weighted by atomic mass is 10.6. The Labute approximate surface area is 76.1 Å². The Morgan fingerprint density at radius 2 is 1.67 bits per heavy atom. The third-order valence-electron chi connectivity index (χ3n) is 2.53. The standard InChI is InChI=1S/C8H18N3P/c1-3-12-7-10-4-9(2)5-11(6-10)8-12/h3-8H2,1-2H3. The Morgan fingerprint density at radius 3 is 2.17 bits per heavy atom. The van der Waals surface area contributed by atoms with Gasteiger partial charge in [0.25, 0.3) is 0 Å². The summed E-state index contributed by atoms with van der Waals surface area (Å²) in [5.74, 6) is 0. The van der Waals surface area contributed by atoms with Gasteiger partial charge < -0.3 is 0 Å². The third-order valence-corrected chi connectivity index (χ3v) is 5.02. The van der Waals surface area contributed by atoms with Crippen molar-refractivity contribution in [3.63, 3.8) is 0 Å². The van der Waals surface area contributed by atoms with Crippen LogP contribution in [0.2, 0.25) is 0 Å². The van der Waals surface area contributed by atoms with Gasteiger partial charge in [0.15, 0.2) is 0 Å². The summed E-state index contributed by atoms with van der Waals surface area (Å²) < 4.78 is 0. The van der Waals surface area contributed by atoms with Crippen molar-refractivity contribution < 1.29 is 0 Å². The highest BCUT2D eigenvalue weighted by Gasteiger charge is 2.28. The molecular formula is C8H18N3P. The summed E-state index contributed by atoms with van der Waals surface area (Å²) in [6, 6.07) is 0. The Kier molecular flexibility index (Phi) is 2.66. The highest BCUT2D eigenvalue weighted by molar-refractivity contribution is 7.57. The van der Waals surface area contributed by atoms with Gasteiger partial charge in [-0.1, -0.05) is 14.8 Å². The molecule has 0 aromatic rings. The molecule has 2 rings (SSSR count). The van der Waals surface area contributed by atoms with Crippen molar-refractivity contribution >= 4 is 7.92 Å². The maximum absolute atomic E-state index is 2.57. The van der Waals surface area contributed by atoms with E-state index in [0.717, 1.165) is 0 Å². The normalized spacial score (nSPS) is 43.0. The molecule has 0 amide bonds. The van der Waals surface area contributed by atoms with Gasteiger partial charge in [0.2, 0.25) is 0 Å². The van der Waals surface area contributed by atoms with Crippen LogP contribution in [-0.4, -0.2) is 60.5 Å². The van der Waals surface area contributed by atoms with E-state index in [1.54, 1.807) is 0 Å². The summed E-state index contributed by atoms with van der Waals surface area (Å²) >= 11 is 0. The molecule has 0 N–H and O–H groups in total. The second kappa shape index (κ2) is 3.59. The fraction of sp³-hybridized carbons (Fsp3) is 1.00. The van der Waals surface area contributed by atoms with Crippen LogP contribution >= 0.6 is 7.92 Å². The van der Waals surface area contributed by atoms with Crippen LogP contribution in [0.15, 0.2) is 0 Å². The Balaban J connectivity index is 1.96. The van der Waals surface area contributed by atoms with Gasteiger partial charge >= 0.3 is 0 Å². The van der Waals surface area contributed by atoms with Crippen LogP contribution in [0.5, 0.6) is 0 Å². The van der Waals surface area contributed by atoms with Crippen LogP contribution in [0.25, 0.3) is 0 Å². The van der Waals surface area contributed by atoms with E-state index in [1.165, 1.54) is 38.7 Å². The van der Waals surface area contributed by atoms with Gasteiger partial charge in [-0.3, -0.25) is 14.7 Å². The predicted molar refractivity (Wildman–Crippen MR) is 53.2 cm³/mol. The van der Waals surface area contributed by atoms with Gasteiger partial charge in [-0.15, -0.1) is 0 Å². The fourth-order valence-electron chi connectivity index (χ4n) is 2.09. The first-order valence-electron chi connectivity index (χ1n) is 4.63. The molecule has 0 aliphatic carbocycles. The van der Waals surface area contributed by atoms with Gasteiger partial charge in [-0.25, -0.2) is 0 Å². The minimum absolute atomic E-state index is 0.303. The van der Waals surface area contributed by atoms with Crippen LogP contribution in [0.3, 0.4) is 0 Å². The van der Waals surface area contributed by atoms with Crippen LogP contribution in [0, 0.1) is 0 Å². The zero-order valence-electron chi connectivity index (χ0n) is 8.03. The average molecular weight is 187 g/mol. The first-order chi connectivity index (χ1) is 5.78. The van der Waals surface area contributed by atoms with Crippen molar-refractivity contribution in [3.05, 3.63) is 0 Å². The molecule has 2 aliphatic heterocycles. The Morgan fingerprint density at radius 1 is 1.08 bits per heavy atom. The molecule has 0 radical (unpaired) electrons. The first-order valence-corrected chi connectivity index (χ1v) is 6.53. The van der Waals surface area contributed by atoms with E-state index in [0.29, 0.717) is 7.92 Å². The van der Waals surface area contributed by atoms with Crippen molar-refractivity contribution in [3.8, 4) is 0 Å². The van der Waals surface area contributed by atoms with E-state index < -0.39 is 0 Å². The largest absolute Gasteiger partial charge is 0.280 e. The molecule has 0 aromatic heterocycles. The molecule has 12 heavy (non-hydrogen) atoms. The number of hydrogen-bond donors (Lipinski definition) is 0. The minimum Gasteiger partial charge on any atom is -0.280 e. The molecule has 2 atom stereocenters. The first kappa shape index (κ1) is 8.89. The minimum atomic E-state index is 0.303. The lowest BCUT2D eigenvalue weighted by Gasteiger charge is -2.47. The SMILES string of the molecule is CCP1CN2CN(C)CN(C2)C1. The van der Waals surface area contributed by atoms with E-state index in [9.17, 15) is 0 Å². The van der Waals surface area contributed by atoms with E-state index in [-0.39, 0.29) is 0 Å². The van der Waals surface area contributed by atoms with E-state index in [2.05, 4.69) is 28.7 Å². The quantitative estimate of drug-likeness (QED) is 0.563. The van der Waals surface area contributed by atoms with Crippen LogP contribution < -0.4 is 0 Å². The second-order valence-electron chi connectivity index (χ2n) is 3.89. The van der Waals surface area contributed by atoms with Crippen molar-refractivity contribution in [1.82, 2.24) is 14.7 Å². The zero-order valence-corrected chi connectivity index (χ0v) is 8.93. The second-order valence-corrected chi connectivity index (χ2v) is 6.43. The maximum atomic E-state index is 2.57. The Bertz CT molecular complexity index is 146. The van der Waals surface area contributed by atoms with Gasteiger partial charge in [0.1, 0.15) is 0 Å². The number of rotatable bonds is 1. The van der Waals surface area contributed by atoms with E-state index >= 15 is 0 Å². The third kappa shape index (κ3) is 1.80. The van der Waals surface area contributed by atoms with Gasteiger partial charge in [-0.2, -0.15) is 0 Å². The summed E-state index contributed by atoms with van der Waals surface area (Å²) in [6.07, 6.45) is 4.13. The van der Waals surface area contributed by atoms with Crippen molar-refractivity contribution in [2.45, 2.75) is 6.92 Å². The number of hydrogen-bond acceptors (Lipinski definition) is 3. The van der Waals surface area contributed by atoms with E-state index in [1.807, 2.05) is 0 Å². The molecule has 2 unspecified atom stereocenters. The number of fused-ring (bicyclic) bond motifs is 2. The summed E-state index contributed by atoms with van der Waals surface area (Å²) in [5.41, 5.74) is 0. The molecule has 2 bridgehead atoms. The summed E-state index contributed by atoms with van der Waals surface area (Å²) in [5, 5.41) is 0. The zero-order chi connectivity index (χ0) is 8.55. The van der Waals surface area contributed by atoms with Crippen LogP contribution in [0.4, 0.5) is 0 Å². The topological polar surface area (TPSA) is 9.72 Å². The highest BCUT2D eigenvalue weighted by Crippen LogP contribution is 2.40. The molecule has 0 spiro atoms. The van der Waals surface area contributed by atoms with Gasteiger partial charge in [-0.05, 0) is 13.2 Å². The molecule has 4 heteroatoms. The Hall–Kier alpha value is 0.310. The molecule has 0 aromatic carbocycles. The summed E-state index contributed by atoms with van der Waals surface area (Å²) in [7, 11) is 2.51. The molecule has 3 nitrogen and oxygen atoms in total. The molecular weight excluding hydrogens is 169 g/mol. The molecule has 70 valence electrons. The highest BCUT2D eigenvalue weighted by atomic mass is 31.1. The lowest BCUT2D eigenvalue weighted by molar-refractivity contribution is -0.00356. The molecule has 0 saturated carbocycles. The smallest absolute Gasteiger partial charge is 0.0537 e. The molecule has 2 heterocycles. The van der Waals surface area contributed by atoms with E-state index in [4.69, 9.17) is 0 Å². The predicted octanol–water partition coefficient (Wildman–Crippen LogP) is 0.839. The summed E-state index contributed by atoms with van der Waals surface area (Å²) in [4.78, 5) is 7.54. The average Bonchev–Trinajstić information content (AvgIpc) is 2.02.